The van der Waals surface area contributed by atoms with Crippen LogP contribution in [0.5, 0.6) is 11.5 Å². The van der Waals surface area contributed by atoms with Gasteiger partial charge in [0, 0.05) is 32.2 Å². The van der Waals surface area contributed by atoms with Gasteiger partial charge in [-0.2, -0.15) is 4.68 Å². The molecule has 0 spiro atoms. The first-order valence-corrected chi connectivity index (χ1v) is 10.4. The summed E-state index contributed by atoms with van der Waals surface area (Å²) >= 11 is 0. The molecule has 12 heteroatoms. The number of methoxy groups -OCH3 is 1. The Balaban J connectivity index is 1.53. The van der Waals surface area contributed by atoms with Crippen molar-refractivity contribution in [2.45, 2.75) is 6.92 Å². The van der Waals surface area contributed by atoms with Crippen LogP contribution in [0.15, 0.2) is 42.5 Å². The van der Waals surface area contributed by atoms with E-state index in [4.69, 9.17) is 9.47 Å². The van der Waals surface area contributed by atoms with E-state index in [1.807, 2.05) is 35.2 Å². The lowest BCUT2D eigenvalue weighted by Gasteiger charge is -2.34. The molecular weight excluding hydrogens is 430 g/mol. The van der Waals surface area contributed by atoms with Crippen LogP contribution in [-0.4, -0.2) is 75.8 Å². The number of benzene rings is 2. The molecule has 2 heterocycles. The molecule has 1 fully saturated rings. The number of amides is 1. The Morgan fingerprint density at radius 1 is 1.12 bits per heavy atom. The number of carbonyl (C=O) groups excluding carboxylic acids is 1. The molecule has 2 aromatic carbocycles. The summed E-state index contributed by atoms with van der Waals surface area (Å²) < 4.78 is 12.3. The highest BCUT2D eigenvalue weighted by atomic mass is 16.6. The van der Waals surface area contributed by atoms with E-state index in [0.29, 0.717) is 38.7 Å². The van der Waals surface area contributed by atoms with Gasteiger partial charge in [0.2, 0.25) is 5.95 Å². The van der Waals surface area contributed by atoms with E-state index in [1.165, 1.54) is 19.2 Å². The van der Waals surface area contributed by atoms with Gasteiger partial charge in [0.05, 0.1) is 30.4 Å². The molecule has 0 N–H and O–H groups in total. The topological polar surface area (TPSA) is 129 Å². The predicted octanol–water partition coefficient (Wildman–Crippen LogP) is 1.94. The SMILES string of the molecule is CCOc1cc(C(=O)N2CCN(c3nnnn3-c3ccccc3)CC2)c([N+](=O)[O-])cc1OC. The summed E-state index contributed by atoms with van der Waals surface area (Å²) in [6.45, 7) is 3.77. The van der Waals surface area contributed by atoms with Gasteiger partial charge in [-0.15, -0.1) is 0 Å². The Labute approximate surface area is 189 Å². The normalized spacial score (nSPS) is 13.6. The Kier molecular flexibility index (Phi) is 6.33. The van der Waals surface area contributed by atoms with Crippen LogP contribution in [0.1, 0.15) is 17.3 Å². The minimum absolute atomic E-state index is 0.0354. The molecule has 172 valence electrons. The standard InChI is InChI=1S/C21H23N7O5/c1-3-33-19-13-16(17(28(30)31)14-18(19)32-2)20(29)25-9-11-26(12-10-25)21-22-23-24-27(21)15-7-5-4-6-8-15/h4-8,13-14H,3,9-12H2,1-2H3. The van der Waals surface area contributed by atoms with Gasteiger partial charge < -0.3 is 19.3 Å². The quantitative estimate of drug-likeness (QED) is 0.389. The van der Waals surface area contributed by atoms with Gasteiger partial charge >= 0.3 is 0 Å². The van der Waals surface area contributed by atoms with Gasteiger partial charge in [0.15, 0.2) is 11.5 Å². The molecule has 12 nitrogen and oxygen atoms in total. The molecule has 1 aromatic heterocycles. The number of anilines is 1. The Hall–Kier alpha value is -4.22. The number of rotatable bonds is 7. The second kappa shape index (κ2) is 9.51. The van der Waals surface area contributed by atoms with Gasteiger partial charge in [-0.25, -0.2) is 0 Å². The maximum atomic E-state index is 13.2. The van der Waals surface area contributed by atoms with Gasteiger partial charge in [-0.05, 0) is 29.5 Å². The van der Waals surface area contributed by atoms with Gasteiger partial charge in [-0.1, -0.05) is 23.3 Å². The lowest BCUT2D eigenvalue weighted by atomic mass is 10.1. The number of hydrogen-bond acceptors (Lipinski definition) is 9. The zero-order valence-electron chi connectivity index (χ0n) is 18.2. The minimum Gasteiger partial charge on any atom is -0.493 e. The number of carbonyl (C=O) groups is 1. The van der Waals surface area contributed by atoms with E-state index in [0.717, 1.165) is 5.69 Å². The van der Waals surface area contributed by atoms with Crippen LogP contribution in [0.4, 0.5) is 11.6 Å². The van der Waals surface area contributed by atoms with E-state index < -0.39 is 10.8 Å². The Bertz CT molecular complexity index is 1140. The molecule has 0 atom stereocenters. The second-order valence-electron chi connectivity index (χ2n) is 7.22. The minimum atomic E-state index is -0.588. The summed E-state index contributed by atoms with van der Waals surface area (Å²) in [5, 5.41) is 23.6. The highest BCUT2D eigenvalue weighted by molar-refractivity contribution is 5.99. The molecule has 1 aliphatic rings. The van der Waals surface area contributed by atoms with Crippen LogP contribution in [0.3, 0.4) is 0 Å². The fourth-order valence-electron chi connectivity index (χ4n) is 3.70. The molecule has 0 radical (unpaired) electrons. The maximum Gasteiger partial charge on any atom is 0.286 e. The van der Waals surface area contributed by atoms with Crippen molar-refractivity contribution in [3.8, 4) is 17.2 Å². The molecular formula is C21H23N7O5. The first-order chi connectivity index (χ1) is 16.0. The Morgan fingerprint density at radius 3 is 2.48 bits per heavy atom. The van der Waals surface area contributed by atoms with Crippen LogP contribution in [0.2, 0.25) is 0 Å². The number of ether oxygens (including phenoxy) is 2. The zero-order valence-corrected chi connectivity index (χ0v) is 18.2. The maximum absolute atomic E-state index is 13.2. The van der Waals surface area contributed by atoms with E-state index in [-0.39, 0.29) is 22.7 Å². The van der Waals surface area contributed by atoms with Gasteiger partial charge in [0.25, 0.3) is 11.6 Å². The molecule has 33 heavy (non-hydrogen) atoms. The fourth-order valence-corrected chi connectivity index (χ4v) is 3.70. The summed E-state index contributed by atoms with van der Waals surface area (Å²) in [6.07, 6.45) is 0. The average molecular weight is 453 g/mol. The number of para-hydroxylation sites is 1. The molecule has 3 aromatic rings. The predicted molar refractivity (Wildman–Crippen MR) is 118 cm³/mol. The highest BCUT2D eigenvalue weighted by Crippen LogP contribution is 2.35. The number of aromatic nitrogens is 4. The van der Waals surface area contributed by atoms with Crippen molar-refractivity contribution in [2.75, 3.05) is 44.8 Å². The van der Waals surface area contributed by atoms with Crippen molar-refractivity contribution >= 4 is 17.5 Å². The molecule has 4 rings (SSSR count). The summed E-state index contributed by atoms with van der Waals surface area (Å²) in [7, 11) is 1.39. The first-order valence-electron chi connectivity index (χ1n) is 10.4. The molecule has 1 amide bonds. The summed E-state index contributed by atoms with van der Waals surface area (Å²) in [4.78, 5) is 27.8. The Morgan fingerprint density at radius 2 is 1.85 bits per heavy atom. The van der Waals surface area contributed by atoms with Gasteiger partial charge in [-0.3, -0.25) is 14.9 Å². The summed E-state index contributed by atoms with van der Waals surface area (Å²) in [6, 6.07) is 12.1. The fraction of sp³-hybridized carbons (Fsp3) is 0.333. The van der Waals surface area contributed by atoms with Gasteiger partial charge in [0.1, 0.15) is 5.56 Å². The number of piperazine rings is 1. The number of nitro groups is 1. The van der Waals surface area contributed by atoms with E-state index in [1.54, 1.807) is 16.5 Å². The molecule has 0 unspecified atom stereocenters. The van der Waals surface area contributed by atoms with Crippen LogP contribution in [0, 0.1) is 10.1 Å². The third kappa shape index (κ3) is 4.40. The van der Waals surface area contributed by atoms with Crippen molar-refractivity contribution in [1.82, 2.24) is 25.1 Å². The van der Waals surface area contributed by atoms with E-state index in [9.17, 15) is 14.9 Å². The summed E-state index contributed by atoms with van der Waals surface area (Å²) in [5.74, 6) is 0.627. The lowest BCUT2D eigenvalue weighted by Crippen LogP contribution is -2.49. The molecule has 0 saturated carbocycles. The van der Waals surface area contributed by atoms with Crippen LogP contribution in [0.25, 0.3) is 5.69 Å². The number of nitrogens with zero attached hydrogens (tertiary/aromatic N) is 7. The number of tetrazole rings is 1. The number of nitro benzene ring substituents is 1. The van der Waals surface area contributed by atoms with Crippen molar-refractivity contribution in [1.29, 1.82) is 0 Å². The average Bonchev–Trinajstić information content (AvgIpc) is 3.34. The lowest BCUT2D eigenvalue weighted by molar-refractivity contribution is -0.385. The molecule has 1 saturated heterocycles. The molecule has 0 bridgehead atoms. The van der Waals surface area contributed by atoms with Crippen molar-refractivity contribution in [3.63, 3.8) is 0 Å². The zero-order chi connectivity index (χ0) is 23.4. The highest BCUT2D eigenvalue weighted by Gasteiger charge is 2.31. The van der Waals surface area contributed by atoms with Crippen molar-refractivity contribution in [3.05, 3.63) is 58.1 Å². The monoisotopic (exact) mass is 453 g/mol. The smallest absolute Gasteiger partial charge is 0.286 e. The van der Waals surface area contributed by atoms with Crippen LogP contribution < -0.4 is 14.4 Å². The molecule has 0 aliphatic carbocycles. The van der Waals surface area contributed by atoms with E-state index >= 15 is 0 Å². The first kappa shape index (κ1) is 22.0. The molecule has 1 aliphatic heterocycles. The largest absolute Gasteiger partial charge is 0.493 e. The third-order valence-electron chi connectivity index (χ3n) is 5.31. The third-order valence-corrected chi connectivity index (χ3v) is 5.31. The van der Waals surface area contributed by atoms with E-state index in [2.05, 4.69) is 15.5 Å². The van der Waals surface area contributed by atoms with Crippen LogP contribution in [-0.2, 0) is 0 Å². The van der Waals surface area contributed by atoms with Crippen molar-refractivity contribution < 1.29 is 19.2 Å². The number of hydrogen-bond donors (Lipinski definition) is 0. The van der Waals surface area contributed by atoms with Crippen LogP contribution >= 0.6 is 0 Å². The van der Waals surface area contributed by atoms with Crippen molar-refractivity contribution in [2.24, 2.45) is 0 Å². The summed E-state index contributed by atoms with van der Waals surface area (Å²) in [5.41, 5.74) is 0.468. The second-order valence-corrected chi connectivity index (χ2v) is 7.22.